The lowest BCUT2D eigenvalue weighted by atomic mass is 9.43. The van der Waals surface area contributed by atoms with E-state index in [9.17, 15) is 15.0 Å². The van der Waals surface area contributed by atoms with Crippen molar-refractivity contribution >= 4 is 5.91 Å². The molecule has 1 aliphatic heterocycles. The van der Waals surface area contributed by atoms with E-state index in [-0.39, 0.29) is 23.0 Å². The van der Waals surface area contributed by atoms with Crippen molar-refractivity contribution in [2.75, 3.05) is 47.5 Å². The van der Waals surface area contributed by atoms with Gasteiger partial charge in [0, 0.05) is 44.7 Å². The number of ether oxygens (including phenoxy) is 3. The first-order valence-corrected chi connectivity index (χ1v) is 18.2. The van der Waals surface area contributed by atoms with Crippen LogP contribution in [0.5, 0.6) is 17.2 Å². The van der Waals surface area contributed by atoms with Gasteiger partial charge in [0.15, 0.2) is 11.5 Å². The molecule has 0 radical (unpaired) electrons. The fourth-order valence-corrected chi connectivity index (χ4v) is 11.6. The van der Waals surface area contributed by atoms with Gasteiger partial charge in [0.2, 0.25) is 11.7 Å². The fourth-order valence-electron chi connectivity index (χ4n) is 11.6. The first-order valence-electron chi connectivity index (χ1n) is 18.2. The van der Waals surface area contributed by atoms with Gasteiger partial charge < -0.3 is 29.3 Å². The number of carbonyl (C=O) groups is 1. The second kappa shape index (κ2) is 13.5. The van der Waals surface area contributed by atoms with Gasteiger partial charge in [-0.25, -0.2) is 0 Å². The number of methoxy groups -OCH3 is 3. The van der Waals surface area contributed by atoms with Gasteiger partial charge in [-0.3, -0.25) is 9.69 Å². The number of benzene rings is 1. The Balaban J connectivity index is 1.01. The summed E-state index contributed by atoms with van der Waals surface area (Å²) < 4.78 is 16.7. The van der Waals surface area contributed by atoms with E-state index in [1.807, 2.05) is 12.1 Å². The van der Waals surface area contributed by atoms with Crippen LogP contribution in [0.2, 0.25) is 0 Å². The lowest BCUT2D eigenvalue weighted by Gasteiger charge is -2.62. The van der Waals surface area contributed by atoms with E-state index in [0.717, 1.165) is 70.4 Å². The number of nitrogens with zero attached hydrogens (tertiary/aromatic N) is 2. The molecule has 5 aliphatic rings. The third-order valence-corrected chi connectivity index (χ3v) is 14.1. The van der Waals surface area contributed by atoms with Gasteiger partial charge >= 0.3 is 0 Å². The van der Waals surface area contributed by atoms with Crippen molar-refractivity contribution in [2.24, 2.45) is 46.3 Å². The normalized spacial score (nSPS) is 38.3. The van der Waals surface area contributed by atoms with Gasteiger partial charge in [-0.05, 0) is 110 Å². The highest BCUT2D eigenvalue weighted by Gasteiger charge is 2.62. The average Bonchev–Trinajstić information content (AvgIpc) is 3.41. The highest BCUT2D eigenvalue weighted by atomic mass is 16.5. The van der Waals surface area contributed by atoms with Crippen molar-refractivity contribution in [3.8, 4) is 17.2 Å². The van der Waals surface area contributed by atoms with Crippen molar-refractivity contribution < 1.29 is 29.2 Å². The third-order valence-electron chi connectivity index (χ3n) is 14.1. The first-order chi connectivity index (χ1) is 22.0. The molecular weight excluding hydrogens is 580 g/mol. The minimum absolute atomic E-state index is 0.188. The summed E-state index contributed by atoms with van der Waals surface area (Å²) in [6, 6.07) is 3.96. The molecular formula is C38H60N2O6. The quantitative estimate of drug-likeness (QED) is 0.355. The highest BCUT2D eigenvalue weighted by Crippen LogP contribution is 2.68. The van der Waals surface area contributed by atoms with Crippen molar-refractivity contribution in [3.05, 3.63) is 17.7 Å². The van der Waals surface area contributed by atoms with Crippen LogP contribution in [0.3, 0.4) is 0 Å². The minimum atomic E-state index is -0.236. The number of piperazine rings is 1. The van der Waals surface area contributed by atoms with Crippen molar-refractivity contribution in [2.45, 2.75) is 104 Å². The SMILES string of the molecule is COc1ccc(CN2CCN(C(=O)CC[C@H](C)[C@@H]3CC[C@@H]4[C@H]5[C@H](O)C[C@H]6C[C@@H](O)CC[C@@]6(C)[C@@H]5CC[C@]43C)CC2)c(OC)c1OC. The Kier molecular flexibility index (Phi) is 9.91. The van der Waals surface area contributed by atoms with E-state index in [4.69, 9.17) is 14.2 Å². The van der Waals surface area contributed by atoms with E-state index < -0.39 is 0 Å². The third kappa shape index (κ3) is 5.93. The lowest BCUT2D eigenvalue weighted by molar-refractivity contribution is -0.174. The Morgan fingerprint density at radius 1 is 0.891 bits per heavy atom. The molecule has 8 nitrogen and oxygen atoms in total. The second-order valence-electron chi connectivity index (χ2n) is 16.1. The Labute approximate surface area is 277 Å². The van der Waals surface area contributed by atoms with Gasteiger partial charge in [0.1, 0.15) is 0 Å². The molecule has 6 rings (SSSR count). The molecule has 0 bridgehead atoms. The molecule has 5 fully saturated rings. The van der Waals surface area contributed by atoms with E-state index in [1.54, 1.807) is 21.3 Å². The summed E-state index contributed by atoms with van der Waals surface area (Å²) in [5, 5.41) is 22.0. The van der Waals surface area contributed by atoms with E-state index in [2.05, 4.69) is 30.6 Å². The molecule has 4 saturated carbocycles. The number of aliphatic hydroxyl groups excluding tert-OH is 2. The predicted octanol–water partition coefficient (Wildman–Crippen LogP) is 5.76. The molecule has 46 heavy (non-hydrogen) atoms. The van der Waals surface area contributed by atoms with Gasteiger partial charge in [-0.2, -0.15) is 0 Å². The molecule has 4 aliphatic carbocycles. The average molecular weight is 641 g/mol. The number of carbonyl (C=O) groups excluding carboxylic acids is 1. The van der Waals surface area contributed by atoms with Crippen LogP contribution in [0, 0.1) is 46.3 Å². The molecule has 10 atom stereocenters. The summed E-state index contributed by atoms with van der Waals surface area (Å²) in [5.74, 6) is 5.38. The molecule has 2 N–H and O–H groups in total. The second-order valence-corrected chi connectivity index (χ2v) is 16.1. The molecule has 0 aromatic heterocycles. The Morgan fingerprint density at radius 3 is 2.28 bits per heavy atom. The zero-order chi connectivity index (χ0) is 32.8. The van der Waals surface area contributed by atoms with Crippen LogP contribution < -0.4 is 14.2 Å². The van der Waals surface area contributed by atoms with Crippen LogP contribution in [0.4, 0.5) is 0 Å². The van der Waals surface area contributed by atoms with Crippen molar-refractivity contribution in [1.82, 2.24) is 9.80 Å². The van der Waals surface area contributed by atoms with E-state index in [1.165, 1.54) is 25.7 Å². The Hall–Kier alpha value is -2.03. The van der Waals surface area contributed by atoms with Crippen molar-refractivity contribution in [1.29, 1.82) is 0 Å². The number of hydrogen-bond donors (Lipinski definition) is 2. The molecule has 8 heteroatoms. The van der Waals surface area contributed by atoms with Crippen LogP contribution in [0.25, 0.3) is 0 Å². The zero-order valence-corrected chi connectivity index (χ0v) is 29.3. The predicted molar refractivity (Wildman–Crippen MR) is 179 cm³/mol. The number of rotatable bonds is 9. The summed E-state index contributed by atoms with van der Waals surface area (Å²) in [7, 11) is 4.92. The minimum Gasteiger partial charge on any atom is -0.493 e. The van der Waals surface area contributed by atoms with Crippen LogP contribution in [-0.4, -0.2) is 85.6 Å². The van der Waals surface area contributed by atoms with E-state index >= 15 is 0 Å². The topological polar surface area (TPSA) is 91.7 Å². The van der Waals surface area contributed by atoms with Gasteiger partial charge in [-0.1, -0.05) is 26.8 Å². The summed E-state index contributed by atoms with van der Waals surface area (Å²) in [5.41, 5.74) is 1.56. The van der Waals surface area contributed by atoms with Crippen LogP contribution in [0.15, 0.2) is 12.1 Å². The monoisotopic (exact) mass is 640 g/mol. The van der Waals surface area contributed by atoms with Crippen LogP contribution in [0.1, 0.15) is 90.5 Å². The molecule has 0 spiro atoms. The number of fused-ring (bicyclic) bond motifs is 5. The summed E-state index contributed by atoms with van der Waals surface area (Å²) in [4.78, 5) is 17.9. The maximum Gasteiger partial charge on any atom is 0.222 e. The maximum atomic E-state index is 13.4. The number of aliphatic hydroxyl groups is 2. The summed E-state index contributed by atoms with van der Waals surface area (Å²) >= 11 is 0. The fraction of sp³-hybridized carbons (Fsp3) is 0.816. The molecule has 1 heterocycles. The molecule has 1 aromatic carbocycles. The Morgan fingerprint density at radius 2 is 1.59 bits per heavy atom. The zero-order valence-electron chi connectivity index (χ0n) is 29.3. The smallest absolute Gasteiger partial charge is 0.222 e. The van der Waals surface area contributed by atoms with Crippen LogP contribution in [-0.2, 0) is 11.3 Å². The molecule has 1 amide bonds. The van der Waals surface area contributed by atoms with Gasteiger partial charge in [0.05, 0.1) is 33.5 Å². The molecule has 258 valence electrons. The lowest BCUT2D eigenvalue weighted by Crippen LogP contribution is -2.58. The first kappa shape index (κ1) is 33.9. The Bertz CT molecular complexity index is 1230. The van der Waals surface area contributed by atoms with Crippen molar-refractivity contribution in [3.63, 3.8) is 0 Å². The highest BCUT2D eigenvalue weighted by molar-refractivity contribution is 5.76. The summed E-state index contributed by atoms with van der Waals surface area (Å²) in [6.07, 6.45) is 9.80. The largest absolute Gasteiger partial charge is 0.493 e. The van der Waals surface area contributed by atoms with Crippen LogP contribution >= 0.6 is 0 Å². The van der Waals surface area contributed by atoms with Gasteiger partial charge in [0.25, 0.3) is 0 Å². The standard InChI is InChI=1S/C38H60N2O6/c1-24(7-12-33(43)40-19-17-39(18-20-40)23-25-8-11-32(44-4)36(46-6)35(25)45-5)28-9-10-29-34-30(14-16-38(28,29)3)37(2)15-13-27(41)21-26(37)22-31(34)42/h8,11,24,26-31,34,41-42H,7,9-10,12-23H2,1-6H3/t24-,26+,27-,28-,29+,30+,31+,34+,37+,38-/m0/s1. The van der Waals surface area contributed by atoms with Gasteiger partial charge in [-0.15, -0.1) is 0 Å². The van der Waals surface area contributed by atoms with E-state index in [0.29, 0.717) is 65.1 Å². The maximum absolute atomic E-state index is 13.4. The number of amides is 1. The molecule has 1 saturated heterocycles. The molecule has 0 unspecified atom stereocenters. The molecule has 1 aromatic rings. The number of hydrogen-bond acceptors (Lipinski definition) is 7. The summed E-state index contributed by atoms with van der Waals surface area (Å²) in [6.45, 7) is 11.3.